The molecule has 0 atom stereocenters. The van der Waals surface area contributed by atoms with Gasteiger partial charge in [-0.2, -0.15) is 0 Å². The van der Waals surface area contributed by atoms with E-state index in [0.717, 1.165) is 6.42 Å². The fraction of sp³-hybridized carbons (Fsp3) is 0.500. The van der Waals surface area contributed by atoms with E-state index < -0.39 is 0 Å². The molecule has 0 bridgehead atoms. The molecule has 12 heavy (non-hydrogen) atoms. The molecule has 0 amide bonds. The lowest BCUT2D eigenvalue weighted by atomic mass is 9.86. The van der Waals surface area contributed by atoms with E-state index in [1.54, 1.807) is 0 Å². The molecule has 0 saturated heterocycles. The van der Waals surface area contributed by atoms with Crippen molar-refractivity contribution in [3.63, 3.8) is 0 Å². The standard InChI is InChI=1S/C8H12.C4H6/c1-8(2)6-4-3-5-7-8;1-3-4-2/h3-6H,7H2,1-2H3;1H,4H2,2H3. The largest absolute Gasteiger partial charge is 0.120 e. The van der Waals surface area contributed by atoms with Crippen LogP contribution >= 0.6 is 0 Å². The van der Waals surface area contributed by atoms with Crippen LogP contribution in [0.4, 0.5) is 0 Å². The highest BCUT2D eigenvalue weighted by molar-refractivity contribution is 5.13. The van der Waals surface area contributed by atoms with Crippen LogP contribution in [0.3, 0.4) is 0 Å². The third kappa shape index (κ3) is 5.80. The molecular formula is C12H18. The molecule has 1 aliphatic rings. The fourth-order valence-electron chi connectivity index (χ4n) is 0.834. The Labute approximate surface area is 76.4 Å². The minimum absolute atomic E-state index is 0.411. The van der Waals surface area contributed by atoms with Crippen LogP contribution in [0.15, 0.2) is 24.3 Å². The van der Waals surface area contributed by atoms with Crippen LogP contribution in [0, 0.1) is 17.8 Å². The summed E-state index contributed by atoms with van der Waals surface area (Å²) in [4.78, 5) is 0. The number of hydrogen-bond donors (Lipinski definition) is 0. The second-order valence-electron chi connectivity index (χ2n) is 3.54. The second-order valence-corrected chi connectivity index (χ2v) is 3.54. The molecule has 0 saturated carbocycles. The van der Waals surface area contributed by atoms with Gasteiger partial charge in [-0.3, -0.25) is 0 Å². The molecular weight excluding hydrogens is 144 g/mol. The molecule has 66 valence electrons. The third-order valence-electron chi connectivity index (χ3n) is 1.64. The normalized spacial score (nSPS) is 17.5. The molecule has 0 aliphatic heterocycles. The Morgan fingerprint density at radius 1 is 1.42 bits per heavy atom. The summed E-state index contributed by atoms with van der Waals surface area (Å²) in [6, 6.07) is 0. The highest BCUT2D eigenvalue weighted by Crippen LogP contribution is 2.24. The van der Waals surface area contributed by atoms with Crippen LogP contribution in [-0.2, 0) is 0 Å². The second kappa shape index (κ2) is 5.66. The zero-order chi connectivity index (χ0) is 9.45. The smallest absolute Gasteiger partial charge is 0.00576 e. The van der Waals surface area contributed by atoms with Gasteiger partial charge in [-0.15, -0.1) is 12.3 Å². The topological polar surface area (TPSA) is 0 Å². The number of allylic oxidation sites excluding steroid dienone is 4. The lowest BCUT2D eigenvalue weighted by Crippen LogP contribution is -2.06. The van der Waals surface area contributed by atoms with Gasteiger partial charge in [0, 0.05) is 6.42 Å². The summed E-state index contributed by atoms with van der Waals surface area (Å²) >= 11 is 0. The van der Waals surface area contributed by atoms with Crippen molar-refractivity contribution in [2.45, 2.75) is 33.6 Å². The first-order valence-corrected chi connectivity index (χ1v) is 4.40. The van der Waals surface area contributed by atoms with Crippen molar-refractivity contribution in [3.05, 3.63) is 24.3 Å². The van der Waals surface area contributed by atoms with E-state index in [2.05, 4.69) is 44.1 Å². The zero-order valence-corrected chi connectivity index (χ0v) is 8.30. The van der Waals surface area contributed by atoms with Gasteiger partial charge < -0.3 is 0 Å². The lowest BCUT2D eigenvalue weighted by Gasteiger charge is -2.19. The molecule has 0 nitrogen and oxygen atoms in total. The predicted molar refractivity (Wildman–Crippen MR) is 55.8 cm³/mol. The van der Waals surface area contributed by atoms with Crippen molar-refractivity contribution in [2.24, 2.45) is 5.41 Å². The lowest BCUT2D eigenvalue weighted by molar-refractivity contribution is 0.484. The maximum Gasteiger partial charge on any atom is 0.00576 e. The first-order chi connectivity index (χ1) is 5.62. The molecule has 0 aromatic heterocycles. The number of rotatable bonds is 0. The maximum absolute atomic E-state index is 4.78. The molecule has 0 radical (unpaired) electrons. The third-order valence-corrected chi connectivity index (χ3v) is 1.64. The molecule has 0 N–H and O–H groups in total. The van der Waals surface area contributed by atoms with Gasteiger partial charge in [0.2, 0.25) is 0 Å². The van der Waals surface area contributed by atoms with Crippen LogP contribution in [0.5, 0.6) is 0 Å². The predicted octanol–water partition coefficient (Wildman–Crippen LogP) is 3.56. The molecule has 0 spiro atoms. The summed E-state index contributed by atoms with van der Waals surface area (Å²) in [5, 5.41) is 0. The van der Waals surface area contributed by atoms with E-state index in [4.69, 9.17) is 6.42 Å². The molecule has 1 rings (SSSR count). The first kappa shape index (κ1) is 11.0. The molecule has 0 unspecified atom stereocenters. The number of hydrogen-bond acceptors (Lipinski definition) is 0. The fourth-order valence-corrected chi connectivity index (χ4v) is 0.834. The summed E-state index contributed by atoms with van der Waals surface area (Å²) in [6.45, 7) is 6.43. The van der Waals surface area contributed by atoms with Crippen LogP contribution < -0.4 is 0 Å². The van der Waals surface area contributed by atoms with Crippen LogP contribution in [0.25, 0.3) is 0 Å². The quantitative estimate of drug-likeness (QED) is 0.478. The van der Waals surface area contributed by atoms with Gasteiger partial charge in [0.1, 0.15) is 0 Å². The minimum Gasteiger partial charge on any atom is -0.120 e. The van der Waals surface area contributed by atoms with Gasteiger partial charge >= 0.3 is 0 Å². The highest BCUT2D eigenvalue weighted by atomic mass is 14.2. The monoisotopic (exact) mass is 162 g/mol. The van der Waals surface area contributed by atoms with E-state index in [-0.39, 0.29) is 0 Å². The molecule has 0 fully saturated rings. The van der Waals surface area contributed by atoms with Crippen molar-refractivity contribution in [1.29, 1.82) is 0 Å². The van der Waals surface area contributed by atoms with Crippen molar-refractivity contribution < 1.29 is 0 Å². The molecule has 0 heterocycles. The van der Waals surface area contributed by atoms with Gasteiger partial charge in [0.25, 0.3) is 0 Å². The molecule has 0 aromatic carbocycles. The Bertz CT molecular complexity index is 199. The average molecular weight is 162 g/mol. The summed E-state index contributed by atoms with van der Waals surface area (Å²) < 4.78 is 0. The van der Waals surface area contributed by atoms with Gasteiger partial charge in [-0.1, -0.05) is 45.1 Å². The Balaban J connectivity index is 0.000000261. The molecule has 0 heteroatoms. The summed E-state index contributed by atoms with van der Waals surface area (Å²) in [5.74, 6) is 2.43. The Morgan fingerprint density at radius 3 is 2.17 bits per heavy atom. The van der Waals surface area contributed by atoms with Gasteiger partial charge in [-0.25, -0.2) is 0 Å². The Morgan fingerprint density at radius 2 is 2.00 bits per heavy atom. The summed E-state index contributed by atoms with van der Waals surface area (Å²) in [5.41, 5.74) is 0.411. The van der Waals surface area contributed by atoms with E-state index in [1.807, 2.05) is 6.92 Å². The first-order valence-electron chi connectivity index (χ1n) is 4.40. The summed E-state index contributed by atoms with van der Waals surface area (Å²) in [6.07, 6.45) is 15.5. The van der Waals surface area contributed by atoms with E-state index in [9.17, 15) is 0 Å². The van der Waals surface area contributed by atoms with Crippen molar-refractivity contribution >= 4 is 0 Å². The van der Waals surface area contributed by atoms with E-state index in [1.165, 1.54) is 6.42 Å². The minimum atomic E-state index is 0.411. The SMILES string of the molecule is C#CCC.CC1(C)C=CC=CC1. The Hall–Kier alpha value is -0.960. The van der Waals surface area contributed by atoms with Crippen molar-refractivity contribution in [1.82, 2.24) is 0 Å². The molecule has 1 aliphatic carbocycles. The van der Waals surface area contributed by atoms with Gasteiger partial charge in [0.15, 0.2) is 0 Å². The summed E-state index contributed by atoms with van der Waals surface area (Å²) in [7, 11) is 0. The highest BCUT2D eigenvalue weighted by Gasteiger charge is 2.11. The van der Waals surface area contributed by atoms with E-state index >= 15 is 0 Å². The Kier molecular flexibility index (Phi) is 5.21. The van der Waals surface area contributed by atoms with Crippen molar-refractivity contribution in [3.8, 4) is 12.3 Å². The van der Waals surface area contributed by atoms with Crippen LogP contribution in [0.1, 0.15) is 33.6 Å². The average Bonchev–Trinajstić information content (AvgIpc) is 2.05. The van der Waals surface area contributed by atoms with Gasteiger partial charge in [-0.05, 0) is 11.8 Å². The maximum atomic E-state index is 4.78. The van der Waals surface area contributed by atoms with Crippen LogP contribution in [0.2, 0.25) is 0 Å². The zero-order valence-electron chi connectivity index (χ0n) is 8.30. The van der Waals surface area contributed by atoms with Gasteiger partial charge in [0.05, 0.1) is 0 Å². The molecule has 0 aromatic rings. The van der Waals surface area contributed by atoms with Crippen LogP contribution in [-0.4, -0.2) is 0 Å². The van der Waals surface area contributed by atoms with Crippen molar-refractivity contribution in [2.75, 3.05) is 0 Å². The van der Waals surface area contributed by atoms with E-state index in [0.29, 0.717) is 5.41 Å². The number of terminal acetylenes is 1.